The Morgan fingerprint density at radius 3 is 2.13 bits per heavy atom. The monoisotopic (exact) mass is 683 g/mol. The number of hydrogen-bond donors (Lipinski definition) is 4. The first-order chi connectivity index (χ1) is 21.3. The van der Waals surface area contributed by atoms with Crippen molar-refractivity contribution in [3.05, 3.63) is 115 Å². The van der Waals surface area contributed by atoms with Crippen LogP contribution in [0.4, 0.5) is 17.6 Å². The highest BCUT2D eigenvalue weighted by molar-refractivity contribution is 7.91. The van der Waals surface area contributed by atoms with E-state index in [0.717, 1.165) is 24.3 Å². The molecule has 0 spiro atoms. The minimum atomic E-state index is -5.24. The first-order valence-corrected chi connectivity index (χ1v) is 15.4. The predicted octanol–water partition coefficient (Wildman–Crippen LogP) is 4.35. The molecule has 2 aliphatic carbocycles. The third-order valence-corrected chi connectivity index (χ3v) is 9.12. The summed E-state index contributed by atoms with van der Waals surface area (Å²) >= 11 is 0. The van der Waals surface area contributed by atoms with Gasteiger partial charge in [-0.05, 0) is 47.9 Å². The van der Waals surface area contributed by atoms with Crippen molar-refractivity contribution in [1.29, 1.82) is 5.41 Å². The van der Waals surface area contributed by atoms with Gasteiger partial charge in [0.2, 0.25) is 17.4 Å². The van der Waals surface area contributed by atoms with Gasteiger partial charge in [-0.1, -0.05) is 18.2 Å². The maximum Gasteiger partial charge on any atom is 0.343 e. The Kier molecular flexibility index (Phi) is 7.88. The van der Waals surface area contributed by atoms with Crippen molar-refractivity contribution in [2.24, 2.45) is 5.92 Å². The molecule has 5 rings (SSSR count). The molecule has 2 aromatic rings. The van der Waals surface area contributed by atoms with Crippen LogP contribution in [-0.4, -0.2) is 54.8 Å². The molecule has 1 heterocycles. The van der Waals surface area contributed by atoms with Crippen molar-refractivity contribution in [2.75, 3.05) is 0 Å². The van der Waals surface area contributed by atoms with Crippen molar-refractivity contribution < 1.29 is 67.7 Å². The molecular formula is C28H17F4NO11S2. The van der Waals surface area contributed by atoms with E-state index in [1.165, 1.54) is 19.1 Å². The van der Waals surface area contributed by atoms with E-state index in [1.807, 2.05) is 0 Å². The summed E-state index contributed by atoms with van der Waals surface area (Å²) in [7, 11) is -10.3. The Hall–Kier alpha value is -4.91. The number of allylic oxidation sites excluding steroid dienone is 5. The lowest BCUT2D eigenvalue weighted by molar-refractivity contribution is 0.0695. The largest absolute Gasteiger partial charge is 0.482 e. The summed E-state index contributed by atoms with van der Waals surface area (Å²) in [6.45, 7) is 1.28. The fourth-order valence-corrected chi connectivity index (χ4v) is 6.90. The van der Waals surface area contributed by atoms with Gasteiger partial charge in [-0.2, -0.15) is 25.6 Å². The second-order valence-corrected chi connectivity index (χ2v) is 12.7. The number of aromatic carboxylic acids is 1. The quantitative estimate of drug-likeness (QED) is 0.111. The summed E-state index contributed by atoms with van der Waals surface area (Å²) < 4.78 is 135. The third kappa shape index (κ3) is 5.44. The van der Waals surface area contributed by atoms with Crippen LogP contribution in [0.25, 0.3) is 5.57 Å². The van der Waals surface area contributed by atoms with Crippen LogP contribution in [-0.2, 0) is 25.0 Å². The molecule has 0 saturated heterocycles. The van der Waals surface area contributed by atoms with Crippen molar-refractivity contribution in [1.82, 2.24) is 0 Å². The molecule has 2 atom stereocenters. The Morgan fingerprint density at radius 2 is 1.57 bits per heavy atom. The van der Waals surface area contributed by atoms with Crippen LogP contribution < -0.4 is 4.74 Å². The molecule has 12 nitrogen and oxygen atoms in total. The Labute approximate surface area is 256 Å². The number of hydrogen-bond acceptors (Lipinski definition) is 9. The van der Waals surface area contributed by atoms with Crippen molar-refractivity contribution in [2.45, 2.75) is 13.0 Å². The summed E-state index contributed by atoms with van der Waals surface area (Å²) in [5.74, 6) is -15.0. The summed E-state index contributed by atoms with van der Waals surface area (Å²) in [5, 5.41) is 18.2. The van der Waals surface area contributed by atoms with E-state index < -0.39 is 106 Å². The highest BCUT2D eigenvalue weighted by Crippen LogP contribution is 2.49. The van der Waals surface area contributed by atoms with E-state index in [1.54, 1.807) is 0 Å². The van der Waals surface area contributed by atoms with Crippen LogP contribution in [0.3, 0.4) is 0 Å². The lowest BCUT2D eigenvalue weighted by Gasteiger charge is -2.39. The molecule has 46 heavy (non-hydrogen) atoms. The zero-order valence-electron chi connectivity index (χ0n) is 22.7. The number of carbonyl (C=O) groups is 2. The van der Waals surface area contributed by atoms with E-state index >= 15 is 0 Å². The number of esters is 1. The van der Waals surface area contributed by atoms with Gasteiger partial charge in [0.05, 0.1) is 16.8 Å². The van der Waals surface area contributed by atoms with Gasteiger partial charge >= 0.3 is 11.9 Å². The molecule has 2 unspecified atom stereocenters. The SMILES string of the molecule is CC1=C(S(=O)(=O)O)C2OC3=C(S(=O)(=O)O)C(=N)C=CC3=C(c3ccc(C(=O)Oc4c(F)c(F)cc(F)c4F)cc3C(=O)O)C2C=C1. The van der Waals surface area contributed by atoms with Gasteiger partial charge < -0.3 is 14.6 Å². The second kappa shape index (κ2) is 11.2. The average Bonchev–Trinajstić information content (AvgIpc) is 2.95. The molecule has 240 valence electrons. The lowest BCUT2D eigenvalue weighted by Crippen LogP contribution is -2.38. The maximum atomic E-state index is 14.1. The highest BCUT2D eigenvalue weighted by Gasteiger charge is 2.46. The molecule has 0 aromatic heterocycles. The number of carboxylic acids is 1. The standard InChI is InChI=1S/C28H17F4NO11S2/c1-10-2-4-13-19(14-6-7-18(33)26(46(40,41)42)23(14)43-22(13)25(10)45(37,38)39)12-5-3-11(8-15(12)27(34)35)28(36)44-24-20(31)16(29)9-17(30)21(24)32/h2-9,13,22,33H,1H3,(H,34,35)(H,37,38,39)(H,40,41,42). The van der Waals surface area contributed by atoms with Crippen LogP contribution in [0, 0.1) is 34.6 Å². The number of halogens is 4. The van der Waals surface area contributed by atoms with Crippen molar-refractivity contribution in [3.63, 3.8) is 0 Å². The molecule has 4 N–H and O–H groups in total. The van der Waals surface area contributed by atoms with Gasteiger partial charge in [-0.3, -0.25) is 14.5 Å². The fourth-order valence-electron chi connectivity index (χ4n) is 5.20. The normalized spacial score (nSPS) is 19.6. The highest BCUT2D eigenvalue weighted by atomic mass is 32.2. The molecule has 0 saturated carbocycles. The van der Waals surface area contributed by atoms with Gasteiger partial charge in [0.1, 0.15) is 11.0 Å². The van der Waals surface area contributed by atoms with E-state index in [9.17, 15) is 58.2 Å². The van der Waals surface area contributed by atoms with E-state index in [0.29, 0.717) is 6.07 Å². The van der Waals surface area contributed by atoms with Crippen LogP contribution in [0.2, 0.25) is 0 Å². The lowest BCUT2D eigenvalue weighted by atomic mass is 9.76. The molecule has 18 heteroatoms. The third-order valence-electron chi connectivity index (χ3n) is 7.09. The first-order valence-electron chi connectivity index (χ1n) is 12.5. The summed E-state index contributed by atoms with van der Waals surface area (Å²) in [6.07, 6.45) is 2.91. The first kappa shape index (κ1) is 32.5. The summed E-state index contributed by atoms with van der Waals surface area (Å²) in [4.78, 5) is 23.4. The molecule has 0 radical (unpaired) electrons. The van der Waals surface area contributed by atoms with E-state index in [2.05, 4.69) is 4.74 Å². The van der Waals surface area contributed by atoms with Crippen LogP contribution in [0.1, 0.15) is 33.2 Å². The molecule has 2 aromatic carbocycles. The van der Waals surface area contributed by atoms with E-state index in [4.69, 9.17) is 10.1 Å². The van der Waals surface area contributed by atoms with Gasteiger partial charge in [0.25, 0.3) is 20.2 Å². The molecule has 1 aliphatic heterocycles. The minimum absolute atomic E-state index is 0.0493. The second-order valence-electron chi connectivity index (χ2n) is 9.91. The minimum Gasteiger partial charge on any atom is -0.482 e. The predicted molar refractivity (Wildman–Crippen MR) is 149 cm³/mol. The van der Waals surface area contributed by atoms with Crippen LogP contribution in [0.5, 0.6) is 5.75 Å². The fraction of sp³-hybridized carbons (Fsp3) is 0.107. The smallest absolute Gasteiger partial charge is 0.343 e. The van der Waals surface area contributed by atoms with Crippen molar-refractivity contribution in [3.8, 4) is 5.75 Å². The summed E-state index contributed by atoms with van der Waals surface area (Å²) in [6, 6.07) is 2.37. The zero-order valence-corrected chi connectivity index (χ0v) is 24.3. The van der Waals surface area contributed by atoms with Gasteiger partial charge in [0.15, 0.2) is 22.3 Å². The summed E-state index contributed by atoms with van der Waals surface area (Å²) in [5.41, 5.74) is -2.99. The Morgan fingerprint density at radius 1 is 0.935 bits per heavy atom. The van der Waals surface area contributed by atoms with Gasteiger partial charge in [-0.15, -0.1) is 0 Å². The Bertz CT molecular complexity index is 2160. The molecule has 0 amide bonds. The number of carboxylic acid groups (broad SMARTS) is 1. The maximum absolute atomic E-state index is 14.1. The van der Waals surface area contributed by atoms with Gasteiger partial charge in [-0.25, -0.2) is 18.4 Å². The Balaban J connectivity index is 1.75. The molecule has 3 aliphatic rings. The topological polar surface area (TPSA) is 205 Å². The molecule has 0 fully saturated rings. The number of fused-ring (bicyclic) bond motifs is 2. The van der Waals surface area contributed by atoms with Crippen LogP contribution >= 0.6 is 0 Å². The molecule has 0 bridgehead atoms. The number of benzene rings is 2. The van der Waals surface area contributed by atoms with E-state index in [-0.39, 0.29) is 28.3 Å². The molecular weight excluding hydrogens is 666 g/mol. The zero-order chi connectivity index (χ0) is 34.0. The number of carbonyl (C=O) groups excluding carboxylic acids is 1. The number of ether oxygens (including phenoxy) is 2. The van der Waals surface area contributed by atoms with Crippen molar-refractivity contribution >= 4 is 43.5 Å². The number of rotatable bonds is 6. The van der Waals surface area contributed by atoms with Crippen LogP contribution in [0.15, 0.2) is 75.3 Å². The number of nitrogens with one attached hydrogen (secondary N) is 1. The average molecular weight is 684 g/mol. The van der Waals surface area contributed by atoms with Gasteiger partial charge in [0, 0.05) is 17.6 Å².